The molecule has 0 spiro atoms. The normalized spacial score (nSPS) is 15.8. The van der Waals surface area contributed by atoms with Crippen LogP contribution in [-0.4, -0.2) is 22.7 Å². The molecule has 0 radical (unpaired) electrons. The van der Waals surface area contributed by atoms with Crippen LogP contribution in [0.15, 0.2) is 47.4 Å². The molecule has 7 heteroatoms. The first-order chi connectivity index (χ1) is 12.5. The number of rotatable bonds is 5. The van der Waals surface area contributed by atoms with Crippen molar-refractivity contribution in [2.24, 2.45) is 0 Å². The highest BCUT2D eigenvalue weighted by Crippen LogP contribution is 2.34. The summed E-state index contributed by atoms with van der Waals surface area (Å²) in [5.41, 5.74) is 0.862. The summed E-state index contributed by atoms with van der Waals surface area (Å²) < 4.78 is 19.4. The monoisotopic (exact) mass is 391 g/mol. The van der Waals surface area contributed by atoms with Crippen molar-refractivity contribution in [1.82, 2.24) is 4.90 Å². The number of imide groups is 1. The van der Waals surface area contributed by atoms with E-state index in [-0.39, 0.29) is 22.0 Å². The summed E-state index contributed by atoms with van der Waals surface area (Å²) in [5.74, 6) is -0.343. The van der Waals surface area contributed by atoms with Gasteiger partial charge in [0.05, 0.1) is 18.1 Å². The molecule has 4 nitrogen and oxygen atoms in total. The molecule has 3 rings (SSSR count). The van der Waals surface area contributed by atoms with Gasteiger partial charge in [0.2, 0.25) is 0 Å². The minimum Gasteiger partial charge on any atom is -0.494 e. The molecular formula is C19H15ClFNO3S. The maximum absolute atomic E-state index is 13.9. The first-order valence-corrected chi connectivity index (χ1v) is 9.10. The molecule has 0 N–H and O–H groups in total. The molecule has 26 heavy (non-hydrogen) atoms. The lowest BCUT2D eigenvalue weighted by molar-refractivity contribution is -0.123. The second-order valence-corrected chi connectivity index (χ2v) is 6.87. The van der Waals surface area contributed by atoms with E-state index in [0.717, 1.165) is 22.2 Å². The minimum atomic E-state index is -0.551. The molecule has 0 bridgehead atoms. The van der Waals surface area contributed by atoms with E-state index in [1.165, 1.54) is 18.2 Å². The predicted molar refractivity (Wildman–Crippen MR) is 101 cm³/mol. The number of halogens is 2. The Labute approximate surface area is 159 Å². The van der Waals surface area contributed by atoms with Gasteiger partial charge in [-0.2, -0.15) is 0 Å². The van der Waals surface area contributed by atoms with E-state index < -0.39 is 17.0 Å². The van der Waals surface area contributed by atoms with Crippen LogP contribution in [0.2, 0.25) is 5.02 Å². The smallest absolute Gasteiger partial charge is 0.293 e. The molecule has 1 aliphatic rings. The fraction of sp³-hybridized carbons (Fsp3) is 0.158. The molecular weight excluding hydrogens is 377 g/mol. The highest BCUT2D eigenvalue weighted by Gasteiger charge is 2.35. The van der Waals surface area contributed by atoms with E-state index in [9.17, 15) is 14.0 Å². The van der Waals surface area contributed by atoms with Crippen LogP contribution >= 0.6 is 23.4 Å². The highest BCUT2D eigenvalue weighted by molar-refractivity contribution is 8.18. The lowest BCUT2D eigenvalue weighted by atomic mass is 10.2. The van der Waals surface area contributed by atoms with Crippen molar-refractivity contribution < 1.29 is 18.7 Å². The van der Waals surface area contributed by atoms with Crippen molar-refractivity contribution in [2.75, 3.05) is 6.61 Å². The van der Waals surface area contributed by atoms with Gasteiger partial charge < -0.3 is 4.74 Å². The van der Waals surface area contributed by atoms with Gasteiger partial charge in [-0.05, 0) is 54.6 Å². The largest absolute Gasteiger partial charge is 0.494 e. The number of ether oxygens (including phenoxy) is 1. The number of carbonyl (C=O) groups is 2. The van der Waals surface area contributed by atoms with Gasteiger partial charge >= 0.3 is 0 Å². The summed E-state index contributed by atoms with van der Waals surface area (Å²) in [4.78, 5) is 26.1. The number of carbonyl (C=O) groups excluding carboxylic acids is 2. The lowest BCUT2D eigenvalue weighted by Gasteiger charge is -2.14. The van der Waals surface area contributed by atoms with Crippen LogP contribution in [0.1, 0.15) is 18.1 Å². The van der Waals surface area contributed by atoms with Crippen molar-refractivity contribution in [3.63, 3.8) is 0 Å². The average molecular weight is 392 g/mol. The number of hydrogen-bond acceptors (Lipinski definition) is 4. The summed E-state index contributed by atoms with van der Waals surface area (Å²) in [5, 5.41) is -0.279. The number of amides is 2. The zero-order valence-electron chi connectivity index (χ0n) is 13.9. The van der Waals surface area contributed by atoms with Gasteiger partial charge in [-0.3, -0.25) is 14.5 Å². The predicted octanol–water partition coefficient (Wildman–Crippen LogP) is 5.11. The zero-order valence-corrected chi connectivity index (χ0v) is 15.4. The molecule has 0 saturated carbocycles. The van der Waals surface area contributed by atoms with Gasteiger partial charge in [-0.1, -0.05) is 29.8 Å². The lowest BCUT2D eigenvalue weighted by Crippen LogP contribution is -2.28. The van der Waals surface area contributed by atoms with Crippen LogP contribution in [0.5, 0.6) is 5.75 Å². The number of nitrogens with zero attached hydrogens (tertiary/aromatic N) is 1. The summed E-state index contributed by atoms with van der Waals surface area (Å²) in [6, 6.07) is 11.5. The topological polar surface area (TPSA) is 46.6 Å². The van der Waals surface area contributed by atoms with Gasteiger partial charge in [-0.15, -0.1) is 0 Å². The third kappa shape index (κ3) is 3.92. The van der Waals surface area contributed by atoms with Gasteiger partial charge in [0.25, 0.3) is 11.1 Å². The van der Waals surface area contributed by atoms with E-state index in [4.69, 9.17) is 16.3 Å². The Hall–Kier alpha value is -2.31. The molecule has 1 heterocycles. The van der Waals surface area contributed by atoms with Gasteiger partial charge in [0.15, 0.2) is 0 Å². The molecule has 0 unspecified atom stereocenters. The molecule has 0 aromatic heterocycles. The Bertz CT molecular complexity index is 880. The van der Waals surface area contributed by atoms with Crippen molar-refractivity contribution in [2.45, 2.75) is 13.5 Å². The van der Waals surface area contributed by atoms with Crippen LogP contribution in [0.3, 0.4) is 0 Å². The van der Waals surface area contributed by atoms with E-state index in [1.807, 2.05) is 19.1 Å². The minimum absolute atomic E-state index is 0.121. The maximum Gasteiger partial charge on any atom is 0.293 e. The fourth-order valence-electron chi connectivity index (χ4n) is 2.49. The van der Waals surface area contributed by atoms with Crippen LogP contribution in [0.4, 0.5) is 9.18 Å². The molecule has 1 aliphatic heterocycles. The Kier molecular flexibility index (Phi) is 5.64. The Morgan fingerprint density at radius 1 is 1.23 bits per heavy atom. The van der Waals surface area contributed by atoms with Crippen LogP contribution in [-0.2, 0) is 11.3 Å². The summed E-state index contributed by atoms with van der Waals surface area (Å²) in [6.07, 6.45) is 1.62. The standard InChI is InChI=1S/C19H15ClFNO3S/c1-2-25-13-6-3-5-12(9-13)10-17-18(23)22(19(24)26-17)11-14-15(20)7-4-8-16(14)21/h3-10H,2,11H2,1H3/b17-10-. The number of hydrogen-bond donors (Lipinski definition) is 0. The summed E-state index contributed by atoms with van der Waals surface area (Å²) in [7, 11) is 0. The third-order valence-corrected chi connectivity index (χ3v) is 4.98. The molecule has 2 aromatic rings. The van der Waals surface area contributed by atoms with E-state index in [1.54, 1.807) is 18.2 Å². The second-order valence-electron chi connectivity index (χ2n) is 5.47. The Morgan fingerprint density at radius 2 is 2.00 bits per heavy atom. The van der Waals surface area contributed by atoms with E-state index in [2.05, 4.69) is 0 Å². The molecule has 134 valence electrons. The van der Waals surface area contributed by atoms with Crippen LogP contribution in [0.25, 0.3) is 6.08 Å². The number of thioether (sulfide) groups is 1. The molecule has 2 amide bonds. The molecule has 0 aliphatic carbocycles. The van der Waals surface area contributed by atoms with Gasteiger partial charge in [-0.25, -0.2) is 4.39 Å². The average Bonchev–Trinajstić information content (AvgIpc) is 2.86. The van der Waals surface area contributed by atoms with Gasteiger partial charge in [0, 0.05) is 10.6 Å². The van der Waals surface area contributed by atoms with Crippen molar-refractivity contribution in [1.29, 1.82) is 0 Å². The van der Waals surface area contributed by atoms with Crippen molar-refractivity contribution >= 4 is 40.6 Å². The molecule has 0 atom stereocenters. The Balaban J connectivity index is 1.84. The van der Waals surface area contributed by atoms with Crippen LogP contribution in [0, 0.1) is 5.82 Å². The zero-order chi connectivity index (χ0) is 18.7. The van der Waals surface area contributed by atoms with Crippen molar-refractivity contribution in [3.05, 3.63) is 69.3 Å². The molecule has 1 saturated heterocycles. The van der Waals surface area contributed by atoms with E-state index in [0.29, 0.717) is 12.4 Å². The van der Waals surface area contributed by atoms with Gasteiger partial charge in [0.1, 0.15) is 11.6 Å². The summed E-state index contributed by atoms with van der Waals surface area (Å²) in [6.45, 7) is 2.21. The van der Waals surface area contributed by atoms with Crippen LogP contribution < -0.4 is 4.74 Å². The quantitative estimate of drug-likeness (QED) is 0.664. The first-order valence-electron chi connectivity index (χ1n) is 7.90. The maximum atomic E-state index is 13.9. The Morgan fingerprint density at radius 3 is 2.73 bits per heavy atom. The first kappa shape index (κ1) is 18.5. The fourth-order valence-corrected chi connectivity index (χ4v) is 3.55. The summed E-state index contributed by atoms with van der Waals surface area (Å²) >= 11 is 6.81. The highest BCUT2D eigenvalue weighted by atomic mass is 35.5. The van der Waals surface area contributed by atoms with Crippen molar-refractivity contribution in [3.8, 4) is 5.75 Å². The number of benzene rings is 2. The SMILES string of the molecule is CCOc1cccc(/C=C2\SC(=O)N(Cc3c(F)cccc3Cl)C2=O)c1. The molecule has 1 fully saturated rings. The second kappa shape index (κ2) is 7.93. The third-order valence-electron chi connectivity index (χ3n) is 3.72. The molecule has 2 aromatic carbocycles. The van der Waals surface area contributed by atoms with E-state index >= 15 is 0 Å².